The maximum absolute atomic E-state index is 12.5. The summed E-state index contributed by atoms with van der Waals surface area (Å²) in [5.74, 6) is -1.26. The predicted molar refractivity (Wildman–Crippen MR) is 106 cm³/mol. The maximum atomic E-state index is 12.5. The molecule has 1 amide bonds. The van der Waals surface area contributed by atoms with Gasteiger partial charge in [-0.05, 0) is 24.1 Å². The number of ether oxygens (including phenoxy) is 2. The summed E-state index contributed by atoms with van der Waals surface area (Å²) in [5, 5.41) is 14.5. The van der Waals surface area contributed by atoms with Crippen LogP contribution in [0.25, 0.3) is 11.0 Å². The molecule has 0 aliphatic carbocycles. The summed E-state index contributed by atoms with van der Waals surface area (Å²) < 4.78 is 15.9. The van der Waals surface area contributed by atoms with Crippen LogP contribution in [0.3, 0.4) is 0 Å². The smallest absolute Gasteiger partial charge is 0.340 e. The van der Waals surface area contributed by atoms with E-state index in [4.69, 9.17) is 13.9 Å². The first-order valence-electron chi connectivity index (χ1n) is 9.09. The lowest BCUT2D eigenvalue weighted by Gasteiger charge is -2.20. The van der Waals surface area contributed by atoms with E-state index in [-0.39, 0.29) is 17.6 Å². The Hall–Kier alpha value is -3.81. The van der Waals surface area contributed by atoms with Gasteiger partial charge in [0.25, 0.3) is 0 Å². The fourth-order valence-electron chi connectivity index (χ4n) is 3.22. The van der Waals surface area contributed by atoms with Crippen molar-refractivity contribution >= 4 is 22.8 Å². The largest absolute Gasteiger partial charge is 0.548 e. The van der Waals surface area contributed by atoms with Gasteiger partial charge in [0.15, 0.2) is 11.5 Å². The summed E-state index contributed by atoms with van der Waals surface area (Å²) in [6, 6.07) is 10.0. The first-order chi connectivity index (χ1) is 14.3. The lowest BCUT2D eigenvalue weighted by molar-refractivity contribution is -0.308. The van der Waals surface area contributed by atoms with Crippen LogP contribution in [0.4, 0.5) is 0 Å². The number of aliphatic carboxylic acids is 1. The van der Waals surface area contributed by atoms with Gasteiger partial charge >= 0.3 is 5.63 Å². The molecular formula is C22H20NO7-. The average Bonchev–Trinajstić information content (AvgIpc) is 2.74. The third-order valence-electron chi connectivity index (χ3n) is 4.80. The minimum Gasteiger partial charge on any atom is -0.548 e. The standard InChI is InChI=1S/C22H21NO7/c1-12-14-9-17(28-2)18(29-3)11-16(14)30-22(27)15(12)10-19(24)23-20(21(25)26)13-7-5-4-6-8-13/h4-9,11,20H,10H2,1-3H3,(H,23,24)(H,25,26)/p-1/t20-/m0/s1. The first-order valence-corrected chi connectivity index (χ1v) is 9.09. The number of amides is 1. The molecule has 8 heteroatoms. The molecule has 1 aromatic heterocycles. The van der Waals surface area contributed by atoms with Crippen molar-refractivity contribution in [1.29, 1.82) is 0 Å². The van der Waals surface area contributed by atoms with Crippen LogP contribution in [-0.4, -0.2) is 26.1 Å². The van der Waals surface area contributed by atoms with E-state index in [0.29, 0.717) is 28.0 Å². The number of hydrogen-bond acceptors (Lipinski definition) is 7. The van der Waals surface area contributed by atoms with Crippen molar-refractivity contribution in [2.75, 3.05) is 14.2 Å². The fraction of sp³-hybridized carbons (Fsp3) is 0.227. The van der Waals surface area contributed by atoms with Crippen LogP contribution >= 0.6 is 0 Å². The topological polar surface area (TPSA) is 118 Å². The zero-order chi connectivity index (χ0) is 21.8. The fourth-order valence-corrected chi connectivity index (χ4v) is 3.22. The van der Waals surface area contributed by atoms with Gasteiger partial charge < -0.3 is 29.1 Å². The Kier molecular flexibility index (Phi) is 6.06. The Morgan fingerprint density at radius 3 is 2.33 bits per heavy atom. The Morgan fingerprint density at radius 2 is 1.73 bits per heavy atom. The SMILES string of the molecule is COc1cc2oc(=O)c(CC(=O)N[C@H](C(=O)[O-])c3ccccc3)c(C)c2cc1OC. The lowest BCUT2D eigenvalue weighted by Crippen LogP contribution is -2.42. The van der Waals surface area contributed by atoms with Crippen LogP contribution < -0.4 is 25.5 Å². The molecule has 30 heavy (non-hydrogen) atoms. The summed E-state index contributed by atoms with van der Waals surface area (Å²) in [4.78, 5) is 36.5. The van der Waals surface area contributed by atoms with E-state index in [9.17, 15) is 19.5 Å². The van der Waals surface area contributed by atoms with E-state index < -0.39 is 23.5 Å². The monoisotopic (exact) mass is 410 g/mol. The number of carbonyl (C=O) groups is 2. The van der Waals surface area contributed by atoms with Gasteiger partial charge in [-0.15, -0.1) is 0 Å². The first kappa shape index (κ1) is 20.9. The molecule has 0 saturated carbocycles. The number of carboxylic acids is 1. The van der Waals surface area contributed by atoms with E-state index in [0.717, 1.165) is 0 Å². The highest BCUT2D eigenvalue weighted by Gasteiger charge is 2.20. The molecule has 2 aromatic carbocycles. The molecule has 0 radical (unpaired) electrons. The number of fused-ring (bicyclic) bond motifs is 1. The molecule has 8 nitrogen and oxygen atoms in total. The minimum atomic E-state index is -1.45. The molecule has 0 fully saturated rings. The molecule has 1 heterocycles. The normalized spacial score (nSPS) is 11.7. The Balaban J connectivity index is 1.93. The average molecular weight is 410 g/mol. The van der Waals surface area contributed by atoms with Gasteiger partial charge in [0, 0.05) is 11.5 Å². The van der Waals surface area contributed by atoms with Crippen LogP contribution in [0.15, 0.2) is 51.7 Å². The van der Waals surface area contributed by atoms with Crippen molar-refractivity contribution in [1.82, 2.24) is 5.32 Å². The van der Waals surface area contributed by atoms with Crippen LogP contribution in [0.1, 0.15) is 22.7 Å². The number of carboxylic acid groups (broad SMARTS) is 1. The molecule has 3 aromatic rings. The highest BCUT2D eigenvalue weighted by Crippen LogP contribution is 2.33. The number of hydrogen-bond donors (Lipinski definition) is 1. The third-order valence-corrected chi connectivity index (χ3v) is 4.80. The predicted octanol–water partition coefficient (Wildman–Crippen LogP) is 1.27. The van der Waals surface area contributed by atoms with Gasteiger partial charge in [-0.1, -0.05) is 30.3 Å². The van der Waals surface area contributed by atoms with E-state index in [1.54, 1.807) is 43.3 Å². The molecule has 0 saturated heterocycles. The van der Waals surface area contributed by atoms with E-state index in [2.05, 4.69) is 5.32 Å². The maximum Gasteiger partial charge on any atom is 0.340 e. The van der Waals surface area contributed by atoms with Crippen molar-refractivity contribution in [3.63, 3.8) is 0 Å². The summed E-state index contributed by atoms with van der Waals surface area (Å²) in [6.07, 6.45) is -0.352. The lowest BCUT2D eigenvalue weighted by atomic mass is 10.0. The quantitative estimate of drug-likeness (QED) is 0.583. The Labute approximate surface area is 172 Å². The zero-order valence-electron chi connectivity index (χ0n) is 16.7. The van der Waals surface area contributed by atoms with Crippen molar-refractivity contribution in [3.05, 3.63) is 69.6 Å². The summed E-state index contributed by atoms with van der Waals surface area (Å²) in [6.45, 7) is 1.68. The van der Waals surface area contributed by atoms with Gasteiger partial charge in [-0.2, -0.15) is 0 Å². The van der Waals surface area contributed by atoms with Crippen LogP contribution in [0.5, 0.6) is 11.5 Å². The molecular weight excluding hydrogens is 390 g/mol. The molecule has 0 unspecified atom stereocenters. The van der Waals surface area contributed by atoms with Gasteiger partial charge in [-0.25, -0.2) is 4.79 Å². The summed E-state index contributed by atoms with van der Waals surface area (Å²) in [5.41, 5.74) is 0.618. The molecule has 156 valence electrons. The minimum absolute atomic E-state index is 0.123. The highest BCUT2D eigenvalue weighted by molar-refractivity contribution is 5.88. The van der Waals surface area contributed by atoms with Crippen LogP contribution in [0, 0.1) is 6.92 Å². The van der Waals surface area contributed by atoms with Crippen molar-refractivity contribution in [2.45, 2.75) is 19.4 Å². The second-order valence-corrected chi connectivity index (χ2v) is 6.60. The second-order valence-electron chi connectivity index (χ2n) is 6.60. The Bertz CT molecular complexity index is 1150. The summed E-state index contributed by atoms with van der Waals surface area (Å²) >= 11 is 0. The molecule has 1 atom stereocenters. The van der Waals surface area contributed by atoms with E-state index in [1.807, 2.05) is 0 Å². The van der Waals surface area contributed by atoms with Crippen molar-refractivity contribution in [3.8, 4) is 11.5 Å². The molecule has 0 aliphatic rings. The Morgan fingerprint density at radius 1 is 1.10 bits per heavy atom. The van der Waals surface area contributed by atoms with Gasteiger partial charge in [0.2, 0.25) is 5.91 Å². The second kappa shape index (κ2) is 8.69. The highest BCUT2D eigenvalue weighted by atomic mass is 16.5. The molecule has 0 aliphatic heterocycles. The molecule has 0 bridgehead atoms. The van der Waals surface area contributed by atoms with Gasteiger partial charge in [-0.3, -0.25) is 4.79 Å². The number of benzene rings is 2. The van der Waals surface area contributed by atoms with E-state index in [1.165, 1.54) is 20.3 Å². The molecule has 3 rings (SSSR count). The van der Waals surface area contributed by atoms with Crippen molar-refractivity contribution < 1.29 is 28.6 Å². The number of methoxy groups -OCH3 is 2. The van der Waals surface area contributed by atoms with E-state index >= 15 is 0 Å². The third kappa shape index (κ3) is 4.12. The van der Waals surface area contributed by atoms with Gasteiger partial charge in [0.05, 0.1) is 38.2 Å². The zero-order valence-corrected chi connectivity index (χ0v) is 16.7. The number of rotatable bonds is 7. The number of nitrogens with one attached hydrogen (secondary N) is 1. The molecule has 0 spiro atoms. The molecule has 1 N–H and O–H groups in total. The van der Waals surface area contributed by atoms with Gasteiger partial charge in [0.1, 0.15) is 5.58 Å². The van der Waals surface area contributed by atoms with Crippen LogP contribution in [0.2, 0.25) is 0 Å². The van der Waals surface area contributed by atoms with Crippen LogP contribution in [-0.2, 0) is 16.0 Å². The summed E-state index contributed by atoms with van der Waals surface area (Å²) in [7, 11) is 2.95. The number of carbonyl (C=O) groups excluding carboxylic acids is 2. The number of aryl methyl sites for hydroxylation is 1. The van der Waals surface area contributed by atoms with Crippen molar-refractivity contribution in [2.24, 2.45) is 0 Å².